The molecule has 0 saturated carbocycles. The second-order valence-corrected chi connectivity index (χ2v) is 3.41. The zero-order chi connectivity index (χ0) is 13.9. The van der Waals surface area contributed by atoms with E-state index >= 15 is 0 Å². The van der Waals surface area contributed by atoms with Gasteiger partial charge in [0.25, 0.3) is 0 Å². The van der Waals surface area contributed by atoms with E-state index in [1.165, 1.54) is 13.0 Å². The van der Waals surface area contributed by atoms with Gasteiger partial charge in [-0.25, -0.2) is 0 Å². The molecule has 0 heterocycles. The highest BCUT2D eigenvalue weighted by Gasteiger charge is 2.26. The first-order valence-electron chi connectivity index (χ1n) is 4.76. The van der Waals surface area contributed by atoms with E-state index in [0.717, 1.165) is 6.07 Å². The highest BCUT2D eigenvalue weighted by atomic mass is 19.3. The normalized spacial score (nSPS) is 10.4. The maximum atomic E-state index is 12.1. The molecule has 8 heteroatoms. The molecule has 0 aliphatic heterocycles. The topological polar surface area (TPSA) is 89.7 Å². The van der Waals surface area contributed by atoms with E-state index in [1.807, 2.05) is 0 Å². The first-order chi connectivity index (χ1) is 8.32. The average Bonchev–Trinajstić information content (AvgIpc) is 2.21. The smallest absolute Gasteiger partial charge is 0.387 e. The monoisotopic (exact) mass is 261 g/mol. The molecular weight excluding hydrogens is 252 g/mol. The fourth-order valence-corrected chi connectivity index (χ4v) is 1.48. The van der Waals surface area contributed by atoms with E-state index in [2.05, 4.69) is 4.74 Å². The first kappa shape index (κ1) is 13.8. The van der Waals surface area contributed by atoms with E-state index in [0.29, 0.717) is 5.56 Å². The predicted molar refractivity (Wildman–Crippen MR) is 55.8 cm³/mol. The number of hydrogen-bond acceptors (Lipinski definition) is 4. The standard InChI is InChI=1S/C10H9F2NO5/c1-5-2-3-7(18-10(11)12)9(13(16)17)6(5)4-8(14)15/h2-3,10H,4H2,1H3,(H,14,15). The summed E-state index contributed by atoms with van der Waals surface area (Å²) in [7, 11) is 0. The third kappa shape index (κ3) is 3.12. The lowest BCUT2D eigenvalue weighted by Crippen LogP contribution is -2.10. The molecule has 0 spiro atoms. The number of benzene rings is 1. The minimum atomic E-state index is -3.22. The molecule has 0 unspecified atom stereocenters. The molecule has 0 fully saturated rings. The van der Waals surface area contributed by atoms with E-state index in [9.17, 15) is 23.7 Å². The molecule has 0 aliphatic rings. The van der Waals surface area contributed by atoms with Gasteiger partial charge in [0.2, 0.25) is 5.75 Å². The summed E-state index contributed by atoms with van der Waals surface area (Å²) in [4.78, 5) is 20.5. The minimum Gasteiger partial charge on any atom is -0.481 e. The van der Waals surface area contributed by atoms with Crippen molar-refractivity contribution >= 4 is 11.7 Å². The van der Waals surface area contributed by atoms with Crippen LogP contribution in [0.5, 0.6) is 5.75 Å². The van der Waals surface area contributed by atoms with Crippen LogP contribution in [0.1, 0.15) is 11.1 Å². The van der Waals surface area contributed by atoms with Crippen LogP contribution in [0.2, 0.25) is 0 Å². The summed E-state index contributed by atoms with van der Waals surface area (Å²) in [6.07, 6.45) is -0.636. The molecule has 0 bridgehead atoms. The Morgan fingerprint density at radius 3 is 2.61 bits per heavy atom. The molecule has 0 aliphatic carbocycles. The Bertz CT molecular complexity index is 489. The van der Waals surface area contributed by atoms with Crippen molar-refractivity contribution in [2.45, 2.75) is 20.0 Å². The lowest BCUT2D eigenvalue weighted by atomic mass is 10.0. The third-order valence-corrected chi connectivity index (χ3v) is 2.21. The summed E-state index contributed by atoms with van der Waals surface area (Å²) >= 11 is 0. The maximum absolute atomic E-state index is 12.1. The molecule has 0 aromatic heterocycles. The van der Waals surface area contributed by atoms with Crippen LogP contribution in [0.4, 0.5) is 14.5 Å². The zero-order valence-corrected chi connectivity index (χ0v) is 9.22. The molecule has 1 N–H and O–H groups in total. The van der Waals surface area contributed by atoms with Crippen molar-refractivity contribution in [3.8, 4) is 5.75 Å². The molecule has 1 rings (SSSR count). The van der Waals surface area contributed by atoms with Crippen molar-refractivity contribution < 1.29 is 28.3 Å². The van der Waals surface area contributed by atoms with Crippen molar-refractivity contribution in [3.63, 3.8) is 0 Å². The van der Waals surface area contributed by atoms with Gasteiger partial charge in [-0.05, 0) is 18.6 Å². The molecule has 18 heavy (non-hydrogen) atoms. The number of nitrogens with zero attached hydrogens (tertiary/aromatic N) is 1. The largest absolute Gasteiger partial charge is 0.481 e. The number of ether oxygens (including phenoxy) is 1. The van der Waals surface area contributed by atoms with E-state index in [-0.39, 0.29) is 5.56 Å². The van der Waals surface area contributed by atoms with Gasteiger partial charge in [-0.2, -0.15) is 8.78 Å². The number of aliphatic carboxylic acids is 1. The van der Waals surface area contributed by atoms with E-state index < -0.39 is 35.4 Å². The van der Waals surface area contributed by atoms with Gasteiger partial charge in [0.15, 0.2) is 0 Å². The summed E-state index contributed by atoms with van der Waals surface area (Å²) in [5.41, 5.74) is -0.561. The van der Waals surface area contributed by atoms with Crippen molar-refractivity contribution in [3.05, 3.63) is 33.4 Å². The number of nitro benzene ring substituents is 1. The first-order valence-corrected chi connectivity index (χ1v) is 4.76. The number of halogens is 2. The Balaban J connectivity index is 3.37. The SMILES string of the molecule is Cc1ccc(OC(F)F)c([N+](=O)[O-])c1CC(=O)O. The highest BCUT2D eigenvalue weighted by Crippen LogP contribution is 2.34. The summed E-state index contributed by atoms with van der Waals surface area (Å²) in [5.74, 6) is -1.94. The van der Waals surface area contributed by atoms with Crippen molar-refractivity contribution in [1.29, 1.82) is 0 Å². The third-order valence-electron chi connectivity index (χ3n) is 2.21. The Kier molecular flexibility index (Phi) is 4.13. The van der Waals surface area contributed by atoms with Gasteiger partial charge in [-0.1, -0.05) is 6.07 Å². The Morgan fingerprint density at radius 2 is 2.17 bits per heavy atom. The molecule has 1 aromatic carbocycles. The van der Waals surface area contributed by atoms with Crippen LogP contribution in [-0.4, -0.2) is 22.6 Å². The number of carboxylic acids is 1. The van der Waals surface area contributed by atoms with Crippen LogP contribution in [0.15, 0.2) is 12.1 Å². The summed E-state index contributed by atoms with van der Waals surface area (Å²) < 4.78 is 28.2. The van der Waals surface area contributed by atoms with Gasteiger partial charge in [0, 0.05) is 5.56 Å². The fraction of sp³-hybridized carbons (Fsp3) is 0.300. The Labute approximate surface area is 99.9 Å². The van der Waals surface area contributed by atoms with Gasteiger partial charge in [-0.15, -0.1) is 0 Å². The van der Waals surface area contributed by atoms with Crippen LogP contribution >= 0.6 is 0 Å². The predicted octanol–water partition coefficient (Wildman–Crippen LogP) is 2.13. The number of carboxylic acid groups (broad SMARTS) is 1. The van der Waals surface area contributed by atoms with Gasteiger partial charge in [0.1, 0.15) is 0 Å². The second kappa shape index (κ2) is 5.39. The fourth-order valence-electron chi connectivity index (χ4n) is 1.48. The number of aryl methyl sites for hydroxylation is 1. The molecule has 6 nitrogen and oxygen atoms in total. The Hall–Kier alpha value is -2.25. The lowest BCUT2D eigenvalue weighted by Gasteiger charge is -2.10. The molecular formula is C10H9F2NO5. The zero-order valence-electron chi connectivity index (χ0n) is 9.22. The van der Waals surface area contributed by atoms with Crippen molar-refractivity contribution in [2.75, 3.05) is 0 Å². The van der Waals surface area contributed by atoms with Gasteiger partial charge in [-0.3, -0.25) is 14.9 Å². The van der Waals surface area contributed by atoms with Crippen molar-refractivity contribution in [2.24, 2.45) is 0 Å². The highest BCUT2D eigenvalue weighted by molar-refractivity contribution is 5.74. The number of rotatable bonds is 5. The molecule has 0 saturated heterocycles. The molecule has 1 aromatic rings. The van der Waals surface area contributed by atoms with E-state index in [1.54, 1.807) is 0 Å². The van der Waals surface area contributed by atoms with E-state index in [4.69, 9.17) is 5.11 Å². The van der Waals surface area contributed by atoms with Gasteiger partial charge < -0.3 is 9.84 Å². The van der Waals surface area contributed by atoms with Crippen LogP contribution < -0.4 is 4.74 Å². The molecule has 0 radical (unpaired) electrons. The number of nitro groups is 1. The molecule has 0 amide bonds. The quantitative estimate of drug-likeness (QED) is 0.647. The van der Waals surface area contributed by atoms with Gasteiger partial charge >= 0.3 is 18.3 Å². The number of hydrogen-bond donors (Lipinski definition) is 1. The summed E-state index contributed by atoms with van der Waals surface area (Å²) in [5, 5.41) is 19.5. The second-order valence-electron chi connectivity index (χ2n) is 3.41. The average molecular weight is 261 g/mol. The van der Waals surface area contributed by atoms with Gasteiger partial charge in [0.05, 0.1) is 11.3 Å². The molecule has 98 valence electrons. The van der Waals surface area contributed by atoms with Crippen LogP contribution in [-0.2, 0) is 11.2 Å². The summed E-state index contributed by atoms with van der Waals surface area (Å²) in [6.45, 7) is -1.76. The Morgan fingerprint density at radius 1 is 1.56 bits per heavy atom. The number of carbonyl (C=O) groups is 1. The summed E-state index contributed by atoms with van der Waals surface area (Å²) in [6, 6.07) is 2.31. The minimum absolute atomic E-state index is 0.148. The molecule has 0 atom stereocenters. The number of alkyl halides is 2. The lowest BCUT2D eigenvalue weighted by molar-refractivity contribution is -0.387. The maximum Gasteiger partial charge on any atom is 0.387 e. The van der Waals surface area contributed by atoms with Crippen LogP contribution in [0.25, 0.3) is 0 Å². The van der Waals surface area contributed by atoms with Crippen LogP contribution in [0.3, 0.4) is 0 Å². The van der Waals surface area contributed by atoms with Crippen LogP contribution in [0, 0.1) is 17.0 Å². The van der Waals surface area contributed by atoms with Crippen molar-refractivity contribution in [1.82, 2.24) is 0 Å².